The number of amides is 1. The molecule has 0 radical (unpaired) electrons. The van der Waals surface area contributed by atoms with Crippen LogP contribution in [0.15, 0.2) is 48.5 Å². The van der Waals surface area contributed by atoms with Crippen molar-refractivity contribution in [1.82, 2.24) is 4.90 Å². The standard InChI is InChI=1S/C17H17FN2O/c18-15-5-7-16(8-6-15)19-11-17(21)20-10-9-13-3-1-2-4-14(13)12-20/h1-8,19H,9-12H2. The molecule has 1 aliphatic heterocycles. The fourth-order valence-electron chi connectivity index (χ4n) is 2.57. The molecule has 0 saturated carbocycles. The van der Waals surface area contributed by atoms with Crippen molar-refractivity contribution in [3.63, 3.8) is 0 Å². The quantitative estimate of drug-likeness (QED) is 0.940. The minimum absolute atomic E-state index is 0.0637. The van der Waals surface area contributed by atoms with Crippen molar-refractivity contribution < 1.29 is 9.18 Å². The first-order valence-corrected chi connectivity index (χ1v) is 7.06. The van der Waals surface area contributed by atoms with Gasteiger partial charge in [-0.05, 0) is 41.8 Å². The molecule has 2 aromatic rings. The molecule has 108 valence electrons. The minimum atomic E-state index is -0.278. The van der Waals surface area contributed by atoms with Gasteiger partial charge in [-0.3, -0.25) is 4.79 Å². The number of anilines is 1. The number of carbonyl (C=O) groups excluding carboxylic acids is 1. The van der Waals surface area contributed by atoms with Gasteiger partial charge in [0.15, 0.2) is 0 Å². The van der Waals surface area contributed by atoms with Crippen molar-refractivity contribution in [3.8, 4) is 0 Å². The van der Waals surface area contributed by atoms with Gasteiger partial charge in [-0.25, -0.2) is 4.39 Å². The molecule has 21 heavy (non-hydrogen) atoms. The number of fused-ring (bicyclic) bond motifs is 1. The average molecular weight is 284 g/mol. The third-order valence-electron chi connectivity index (χ3n) is 3.77. The van der Waals surface area contributed by atoms with E-state index in [0.717, 1.165) is 18.7 Å². The first-order chi connectivity index (χ1) is 10.2. The summed E-state index contributed by atoms with van der Waals surface area (Å²) < 4.78 is 12.8. The lowest BCUT2D eigenvalue weighted by molar-refractivity contribution is -0.130. The molecule has 1 heterocycles. The largest absolute Gasteiger partial charge is 0.376 e. The highest BCUT2D eigenvalue weighted by atomic mass is 19.1. The topological polar surface area (TPSA) is 32.3 Å². The molecule has 3 rings (SSSR count). The van der Waals surface area contributed by atoms with Crippen LogP contribution in [-0.2, 0) is 17.8 Å². The summed E-state index contributed by atoms with van der Waals surface area (Å²) >= 11 is 0. The van der Waals surface area contributed by atoms with Gasteiger partial charge in [-0.1, -0.05) is 24.3 Å². The van der Waals surface area contributed by atoms with Gasteiger partial charge in [0.2, 0.25) is 5.91 Å². The van der Waals surface area contributed by atoms with E-state index < -0.39 is 0 Å². The van der Waals surface area contributed by atoms with Gasteiger partial charge >= 0.3 is 0 Å². The molecular weight excluding hydrogens is 267 g/mol. The van der Waals surface area contributed by atoms with Crippen LogP contribution in [0.25, 0.3) is 0 Å². The summed E-state index contributed by atoms with van der Waals surface area (Å²) in [5.41, 5.74) is 3.30. The lowest BCUT2D eigenvalue weighted by atomic mass is 10.00. The molecule has 0 aromatic heterocycles. The van der Waals surface area contributed by atoms with Crippen molar-refractivity contribution in [1.29, 1.82) is 0 Å². The second-order valence-corrected chi connectivity index (χ2v) is 5.19. The second-order valence-electron chi connectivity index (χ2n) is 5.19. The number of rotatable bonds is 3. The van der Waals surface area contributed by atoms with Crippen LogP contribution in [0.2, 0.25) is 0 Å². The van der Waals surface area contributed by atoms with Crippen molar-refractivity contribution in [2.45, 2.75) is 13.0 Å². The molecule has 3 nitrogen and oxygen atoms in total. The van der Waals surface area contributed by atoms with Crippen LogP contribution in [0.1, 0.15) is 11.1 Å². The Kier molecular flexibility index (Phi) is 3.86. The SMILES string of the molecule is O=C(CNc1ccc(F)cc1)N1CCc2ccccc2C1. The Bertz CT molecular complexity index is 639. The number of hydrogen-bond donors (Lipinski definition) is 1. The fourth-order valence-corrected chi connectivity index (χ4v) is 2.57. The summed E-state index contributed by atoms with van der Waals surface area (Å²) in [5.74, 6) is -0.214. The monoisotopic (exact) mass is 284 g/mol. The highest BCUT2D eigenvalue weighted by Crippen LogP contribution is 2.18. The lowest BCUT2D eigenvalue weighted by Gasteiger charge is -2.29. The van der Waals surface area contributed by atoms with Gasteiger partial charge < -0.3 is 10.2 Å². The summed E-state index contributed by atoms with van der Waals surface area (Å²) in [5, 5.41) is 3.04. The molecule has 0 spiro atoms. The van der Waals surface area contributed by atoms with Gasteiger partial charge in [0.05, 0.1) is 6.54 Å². The van der Waals surface area contributed by atoms with E-state index in [4.69, 9.17) is 0 Å². The van der Waals surface area contributed by atoms with Gasteiger partial charge in [0.1, 0.15) is 5.82 Å². The van der Waals surface area contributed by atoms with Crippen molar-refractivity contribution in [3.05, 3.63) is 65.5 Å². The zero-order chi connectivity index (χ0) is 14.7. The molecule has 0 unspecified atom stereocenters. The molecule has 1 N–H and O–H groups in total. The molecule has 0 fully saturated rings. The van der Waals surface area contributed by atoms with Crippen molar-refractivity contribution in [2.75, 3.05) is 18.4 Å². The van der Waals surface area contributed by atoms with E-state index in [-0.39, 0.29) is 18.3 Å². The molecule has 0 aliphatic carbocycles. The zero-order valence-corrected chi connectivity index (χ0v) is 11.7. The summed E-state index contributed by atoms with van der Waals surface area (Å²) in [6, 6.07) is 14.3. The Labute approximate surface area is 123 Å². The average Bonchev–Trinajstić information content (AvgIpc) is 2.53. The number of halogens is 1. The third-order valence-corrected chi connectivity index (χ3v) is 3.77. The molecule has 1 amide bonds. The van der Waals surface area contributed by atoms with Crippen LogP contribution < -0.4 is 5.32 Å². The van der Waals surface area contributed by atoms with Gasteiger partial charge in [0.25, 0.3) is 0 Å². The van der Waals surface area contributed by atoms with E-state index in [2.05, 4.69) is 17.4 Å². The fraction of sp³-hybridized carbons (Fsp3) is 0.235. The molecule has 0 atom stereocenters. The molecule has 0 bridgehead atoms. The van der Waals surface area contributed by atoms with E-state index >= 15 is 0 Å². The van der Waals surface area contributed by atoms with Crippen LogP contribution in [0.4, 0.5) is 10.1 Å². The Morgan fingerprint density at radius 3 is 2.57 bits per heavy atom. The summed E-state index contributed by atoms with van der Waals surface area (Å²) in [6.07, 6.45) is 0.901. The Balaban J connectivity index is 1.58. The summed E-state index contributed by atoms with van der Waals surface area (Å²) in [4.78, 5) is 14.1. The number of nitrogens with zero attached hydrogens (tertiary/aromatic N) is 1. The predicted octanol–water partition coefficient (Wildman–Crippen LogP) is 2.82. The second kappa shape index (κ2) is 5.95. The van der Waals surface area contributed by atoms with Crippen LogP contribution in [-0.4, -0.2) is 23.9 Å². The number of carbonyl (C=O) groups is 1. The minimum Gasteiger partial charge on any atom is -0.376 e. The van der Waals surface area contributed by atoms with Gasteiger partial charge in [0, 0.05) is 18.8 Å². The van der Waals surface area contributed by atoms with Crippen molar-refractivity contribution >= 4 is 11.6 Å². The number of hydrogen-bond acceptors (Lipinski definition) is 2. The van der Waals surface area contributed by atoms with Crippen LogP contribution in [0.5, 0.6) is 0 Å². The highest BCUT2D eigenvalue weighted by Gasteiger charge is 2.19. The van der Waals surface area contributed by atoms with Gasteiger partial charge in [-0.15, -0.1) is 0 Å². The lowest BCUT2D eigenvalue weighted by Crippen LogP contribution is -2.39. The molecular formula is C17H17FN2O. The van der Waals surface area contributed by atoms with E-state index in [9.17, 15) is 9.18 Å². The molecule has 0 saturated heterocycles. The predicted molar refractivity (Wildman–Crippen MR) is 80.5 cm³/mol. The maximum atomic E-state index is 12.8. The normalized spacial score (nSPS) is 13.7. The van der Waals surface area contributed by atoms with E-state index in [0.29, 0.717) is 6.54 Å². The highest BCUT2D eigenvalue weighted by molar-refractivity contribution is 5.81. The van der Waals surface area contributed by atoms with Gasteiger partial charge in [-0.2, -0.15) is 0 Å². The maximum Gasteiger partial charge on any atom is 0.242 e. The first kappa shape index (κ1) is 13.6. The number of benzene rings is 2. The first-order valence-electron chi connectivity index (χ1n) is 7.06. The Hall–Kier alpha value is -2.36. The third kappa shape index (κ3) is 3.21. The smallest absolute Gasteiger partial charge is 0.242 e. The van der Waals surface area contributed by atoms with Crippen LogP contribution in [0, 0.1) is 5.82 Å². The van der Waals surface area contributed by atoms with E-state index in [1.807, 2.05) is 17.0 Å². The maximum absolute atomic E-state index is 12.8. The van der Waals surface area contributed by atoms with Crippen molar-refractivity contribution in [2.24, 2.45) is 0 Å². The Morgan fingerprint density at radius 2 is 1.81 bits per heavy atom. The zero-order valence-electron chi connectivity index (χ0n) is 11.7. The number of nitrogens with one attached hydrogen (secondary N) is 1. The molecule has 1 aliphatic rings. The molecule has 2 aromatic carbocycles. The van der Waals surface area contributed by atoms with Crippen LogP contribution >= 0.6 is 0 Å². The molecule has 4 heteroatoms. The van der Waals surface area contributed by atoms with Crippen LogP contribution in [0.3, 0.4) is 0 Å². The van der Waals surface area contributed by atoms with E-state index in [1.54, 1.807) is 12.1 Å². The van der Waals surface area contributed by atoms with E-state index in [1.165, 1.54) is 23.3 Å². The summed E-state index contributed by atoms with van der Waals surface area (Å²) in [7, 11) is 0. The Morgan fingerprint density at radius 1 is 1.10 bits per heavy atom. The summed E-state index contributed by atoms with van der Waals surface area (Å²) in [6.45, 7) is 1.65.